The van der Waals surface area contributed by atoms with Gasteiger partial charge >= 0.3 is 0 Å². The summed E-state index contributed by atoms with van der Waals surface area (Å²) in [6.45, 7) is 0.853. The van der Waals surface area contributed by atoms with Crippen LogP contribution in [0.5, 0.6) is 5.75 Å². The summed E-state index contributed by atoms with van der Waals surface area (Å²) in [5, 5.41) is 0. The summed E-state index contributed by atoms with van der Waals surface area (Å²) in [5.41, 5.74) is 2.58. The van der Waals surface area contributed by atoms with E-state index < -0.39 is 0 Å². The van der Waals surface area contributed by atoms with E-state index in [1.54, 1.807) is 4.90 Å². The van der Waals surface area contributed by atoms with E-state index in [2.05, 4.69) is 0 Å². The van der Waals surface area contributed by atoms with Crippen molar-refractivity contribution < 1.29 is 18.7 Å². The van der Waals surface area contributed by atoms with Crippen molar-refractivity contribution in [2.24, 2.45) is 0 Å². The second kappa shape index (κ2) is 8.91. The maximum absolute atomic E-state index is 13.0. The van der Waals surface area contributed by atoms with Gasteiger partial charge in [0.15, 0.2) is 5.78 Å². The Hall–Kier alpha value is -3.47. The van der Waals surface area contributed by atoms with E-state index in [0.717, 1.165) is 16.9 Å². The van der Waals surface area contributed by atoms with Crippen LogP contribution in [0.4, 0.5) is 4.39 Å². The van der Waals surface area contributed by atoms with E-state index in [1.807, 2.05) is 54.6 Å². The Bertz CT molecular complexity index is 1020. The Morgan fingerprint density at radius 3 is 2.33 bits per heavy atom. The minimum atomic E-state index is -0.374. The molecule has 0 saturated carbocycles. The molecule has 30 heavy (non-hydrogen) atoms. The van der Waals surface area contributed by atoms with Gasteiger partial charge in [0.1, 0.15) is 18.2 Å². The van der Waals surface area contributed by atoms with Crippen molar-refractivity contribution in [3.63, 3.8) is 0 Å². The van der Waals surface area contributed by atoms with Gasteiger partial charge < -0.3 is 9.64 Å². The molecule has 0 unspecified atom stereocenters. The van der Waals surface area contributed by atoms with E-state index in [0.29, 0.717) is 25.1 Å². The number of ether oxygens (including phenoxy) is 1. The first-order valence-corrected chi connectivity index (χ1v) is 9.95. The van der Waals surface area contributed by atoms with Crippen LogP contribution in [0.25, 0.3) is 0 Å². The normalized spacial score (nSPS) is 15.6. The second-order valence-corrected chi connectivity index (χ2v) is 7.33. The van der Waals surface area contributed by atoms with Crippen molar-refractivity contribution in [1.82, 2.24) is 4.90 Å². The molecule has 4 nitrogen and oxygen atoms in total. The summed E-state index contributed by atoms with van der Waals surface area (Å²) in [5.74, 6) is 0.335. The second-order valence-electron chi connectivity index (χ2n) is 7.33. The van der Waals surface area contributed by atoms with Gasteiger partial charge in [0, 0.05) is 18.5 Å². The Balaban J connectivity index is 1.32. The maximum Gasteiger partial charge on any atom is 0.225 e. The van der Waals surface area contributed by atoms with Gasteiger partial charge in [-0.3, -0.25) is 9.59 Å². The Labute approximate surface area is 174 Å². The van der Waals surface area contributed by atoms with E-state index in [1.165, 1.54) is 24.3 Å². The number of benzene rings is 3. The first-order valence-electron chi connectivity index (χ1n) is 9.95. The van der Waals surface area contributed by atoms with E-state index in [-0.39, 0.29) is 30.0 Å². The molecule has 0 spiro atoms. The predicted molar refractivity (Wildman–Crippen MR) is 112 cm³/mol. The fourth-order valence-electron chi connectivity index (χ4n) is 3.56. The quantitative estimate of drug-likeness (QED) is 0.395. The highest BCUT2D eigenvalue weighted by molar-refractivity contribution is 5.96. The number of carbonyl (C=O) groups is 2. The number of carbonyl (C=O) groups excluding carboxylic acids is 2. The van der Waals surface area contributed by atoms with E-state index in [4.69, 9.17) is 4.74 Å². The van der Waals surface area contributed by atoms with Crippen LogP contribution >= 0.6 is 0 Å². The van der Waals surface area contributed by atoms with Gasteiger partial charge in [0.05, 0.1) is 12.5 Å². The molecular formula is C25H22FNO3. The van der Waals surface area contributed by atoms with Crippen LogP contribution in [0, 0.1) is 5.82 Å². The third-order valence-corrected chi connectivity index (χ3v) is 5.32. The molecule has 1 aliphatic heterocycles. The molecule has 0 aromatic heterocycles. The first kappa shape index (κ1) is 19.8. The largest absolute Gasteiger partial charge is 0.489 e. The number of hydrogen-bond donors (Lipinski definition) is 0. The molecule has 1 heterocycles. The first-order chi connectivity index (χ1) is 14.6. The summed E-state index contributed by atoms with van der Waals surface area (Å²) >= 11 is 0. The van der Waals surface area contributed by atoms with Crippen molar-refractivity contribution >= 4 is 11.7 Å². The van der Waals surface area contributed by atoms with Crippen LogP contribution in [0.15, 0.2) is 78.9 Å². The fraction of sp³-hybridized carbons (Fsp3) is 0.200. The van der Waals surface area contributed by atoms with Gasteiger partial charge in [0.2, 0.25) is 5.91 Å². The third kappa shape index (κ3) is 4.57. The van der Waals surface area contributed by atoms with Gasteiger partial charge in [-0.2, -0.15) is 0 Å². The SMILES string of the molecule is O=C(CCN1C(=O)C[C@@H]1c1ccc(OCc2ccccc2)cc1)c1ccc(F)cc1. The van der Waals surface area contributed by atoms with Crippen molar-refractivity contribution in [2.45, 2.75) is 25.5 Å². The topological polar surface area (TPSA) is 46.6 Å². The van der Waals surface area contributed by atoms with Crippen LogP contribution in [0.3, 0.4) is 0 Å². The smallest absolute Gasteiger partial charge is 0.225 e. The number of amides is 1. The lowest BCUT2D eigenvalue weighted by molar-refractivity contribution is -0.146. The van der Waals surface area contributed by atoms with Gasteiger partial charge in [-0.15, -0.1) is 0 Å². The summed E-state index contributed by atoms with van der Waals surface area (Å²) in [7, 11) is 0. The zero-order chi connectivity index (χ0) is 20.9. The number of rotatable bonds is 8. The standard InChI is InChI=1S/C25H22FNO3/c26-21-10-6-20(7-11-21)24(28)14-15-27-23(16-25(27)29)19-8-12-22(13-9-19)30-17-18-4-2-1-3-5-18/h1-13,23H,14-17H2/t23-/m1/s1. The van der Waals surface area contributed by atoms with Crippen molar-refractivity contribution in [3.05, 3.63) is 101 Å². The van der Waals surface area contributed by atoms with E-state index >= 15 is 0 Å². The zero-order valence-electron chi connectivity index (χ0n) is 16.5. The fourth-order valence-corrected chi connectivity index (χ4v) is 3.56. The highest BCUT2D eigenvalue weighted by Gasteiger charge is 2.36. The molecule has 0 aliphatic carbocycles. The third-order valence-electron chi connectivity index (χ3n) is 5.32. The average molecular weight is 403 g/mol. The molecule has 4 rings (SSSR count). The van der Waals surface area contributed by atoms with Crippen LogP contribution < -0.4 is 4.74 Å². The zero-order valence-corrected chi connectivity index (χ0v) is 16.5. The van der Waals surface area contributed by atoms with E-state index in [9.17, 15) is 14.0 Å². The monoisotopic (exact) mass is 403 g/mol. The number of halogens is 1. The number of Topliss-reactive ketones (excluding diaryl/α,β-unsaturated/α-hetero) is 1. The number of ketones is 1. The highest BCUT2D eigenvalue weighted by Crippen LogP contribution is 2.35. The maximum atomic E-state index is 13.0. The van der Waals surface area contributed by atoms with Crippen molar-refractivity contribution in [2.75, 3.05) is 6.54 Å². The van der Waals surface area contributed by atoms with Gasteiger partial charge in [-0.05, 0) is 47.5 Å². The molecule has 0 N–H and O–H groups in total. The molecule has 1 aliphatic rings. The van der Waals surface area contributed by atoms with Crippen LogP contribution in [0.1, 0.15) is 40.4 Å². The van der Waals surface area contributed by atoms with Gasteiger partial charge in [0.25, 0.3) is 0 Å². The van der Waals surface area contributed by atoms with Gasteiger partial charge in [-0.25, -0.2) is 4.39 Å². The molecule has 3 aromatic carbocycles. The number of β-lactam (4-membered cyclic amide) rings is 1. The van der Waals surface area contributed by atoms with Crippen LogP contribution in [0.2, 0.25) is 0 Å². The minimum Gasteiger partial charge on any atom is -0.489 e. The molecule has 1 fully saturated rings. The molecular weight excluding hydrogens is 381 g/mol. The Morgan fingerprint density at radius 1 is 0.967 bits per heavy atom. The molecule has 1 saturated heterocycles. The summed E-state index contributed by atoms with van der Waals surface area (Å²) in [6, 6.07) is 23.2. The number of hydrogen-bond acceptors (Lipinski definition) is 3. The molecule has 1 atom stereocenters. The lowest BCUT2D eigenvalue weighted by Gasteiger charge is -2.40. The van der Waals surface area contributed by atoms with Crippen molar-refractivity contribution in [3.8, 4) is 5.75 Å². The lowest BCUT2D eigenvalue weighted by Crippen LogP contribution is -2.47. The number of likely N-dealkylation sites (tertiary alicyclic amines) is 1. The predicted octanol–water partition coefficient (Wildman–Crippen LogP) is 4.95. The van der Waals surface area contributed by atoms with Crippen LogP contribution in [-0.2, 0) is 11.4 Å². The molecule has 3 aromatic rings. The Morgan fingerprint density at radius 2 is 1.67 bits per heavy atom. The highest BCUT2D eigenvalue weighted by atomic mass is 19.1. The molecule has 1 amide bonds. The number of nitrogens with zero attached hydrogens (tertiary/aromatic N) is 1. The summed E-state index contributed by atoms with van der Waals surface area (Å²) < 4.78 is 18.8. The minimum absolute atomic E-state index is 0.0262. The van der Waals surface area contributed by atoms with Crippen LogP contribution in [-0.4, -0.2) is 23.1 Å². The lowest BCUT2D eigenvalue weighted by atomic mass is 9.93. The average Bonchev–Trinajstić information content (AvgIpc) is 2.77. The van der Waals surface area contributed by atoms with Crippen molar-refractivity contribution in [1.29, 1.82) is 0 Å². The summed E-state index contributed by atoms with van der Waals surface area (Å²) in [4.78, 5) is 26.1. The molecule has 152 valence electrons. The molecule has 0 radical (unpaired) electrons. The molecule has 5 heteroatoms. The Kier molecular flexibility index (Phi) is 5.89. The summed E-state index contributed by atoms with van der Waals surface area (Å²) in [6.07, 6.45) is 0.654. The molecule has 0 bridgehead atoms. The van der Waals surface area contributed by atoms with Gasteiger partial charge in [-0.1, -0.05) is 42.5 Å².